The number of carbonyl (C=O) groups excluding carboxylic acids is 1. The van der Waals surface area contributed by atoms with Gasteiger partial charge in [-0.05, 0) is 48.9 Å². The van der Waals surface area contributed by atoms with Gasteiger partial charge in [-0.15, -0.1) is 11.3 Å². The molecule has 1 heterocycles. The molecule has 33 heavy (non-hydrogen) atoms. The Kier molecular flexibility index (Phi) is 6.43. The molecule has 0 saturated heterocycles. The molecule has 4 aromatic rings. The molecule has 2 N–H and O–H groups in total. The van der Waals surface area contributed by atoms with Crippen LogP contribution in [0.4, 0.5) is 11.4 Å². The molecule has 1 amide bonds. The van der Waals surface area contributed by atoms with Gasteiger partial charge in [0.25, 0.3) is 15.9 Å². The summed E-state index contributed by atoms with van der Waals surface area (Å²) >= 11 is 1.34. The van der Waals surface area contributed by atoms with Gasteiger partial charge in [-0.25, -0.2) is 13.4 Å². The van der Waals surface area contributed by atoms with Crippen molar-refractivity contribution >= 4 is 38.6 Å². The third-order valence-corrected chi connectivity index (χ3v) is 7.12. The SMILES string of the molecule is COc1ccccc1-c1nc(C(=O)Nc2ccc(C)c(NS(=O)(=O)c3ccccc3)c2)cs1. The number of thiazole rings is 1. The molecule has 0 spiro atoms. The lowest BCUT2D eigenvalue weighted by Gasteiger charge is -2.13. The number of aromatic nitrogens is 1. The van der Waals surface area contributed by atoms with E-state index in [0.717, 1.165) is 11.1 Å². The number of aryl methyl sites for hydroxylation is 1. The summed E-state index contributed by atoms with van der Waals surface area (Å²) in [4.78, 5) is 17.4. The van der Waals surface area contributed by atoms with Crippen molar-refractivity contribution in [1.29, 1.82) is 0 Å². The Labute approximate surface area is 196 Å². The van der Waals surface area contributed by atoms with Gasteiger partial charge in [-0.2, -0.15) is 0 Å². The van der Waals surface area contributed by atoms with Crippen LogP contribution in [0.5, 0.6) is 5.75 Å². The fraction of sp³-hybridized carbons (Fsp3) is 0.0833. The molecule has 0 radical (unpaired) electrons. The van der Waals surface area contributed by atoms with Crippen LogP contribution < -0.4 is 14.8 Å². The summed E-state index contributed by atoms with van der Waals surface area (Å²) in [7, 11) is -2.17. The minimum absolute atomic E-state index is 0.158. The zero-order valence-corrected chi connectivity index (χ0v) is 19.5. The van der Waals surface area contributed by atoms with Gasteiger partial charge in [0.2, 0.25) is 0 Å². The normalized spacial score (nSPS) is 11.1. The summed E-state index contributed by atoms with van der Waals surface area (Å²) in [6, 6.07) is 20.6. The Balaban J connectivity index is 1.53. The number of sulfonamides is 1. The van der Waals surface area contributed by atoms with Crippen molar-refractivity contribution in [3.8, 4) is 16.3 Å². The third-order valence-electron chi connectivity index (χ3n) is 4.87. The maximum Gasteiger partial charge on any atom is 0.275 e. The molecule has 4 rings (SSSR count). The van der Waals surface area contributed by atoms with Crippen LogP contribution in [0.3, 0.4) is 0 Å². The van der Waals surface area contributed by atoms with E-state index in [1.807, 2.05) is 24.3 Å². The van der Waals surface area contributed by atoms with Crippen LogP contribution in [0.25, 0.3) is 10.6 Å². The van der Waals surface area contributed by atoms with E-state index < -0.39 is 15.9 Å². The highest BCUT2D eigenvalue weighted by Crippen LogP contribution is 2.32. The monoisotopic (exact) mass is 479 g/mol. The van der Waals surface area contributed by atoms with Gasteiger partial charge in [0.05, 0.1) is 23.3 Å². The first kappa shape index (κ1) is 22.5. The highest BCUT2D eigenvalue weighted by Gasteiger charge is 2.17. The smallest absolute Gasteiger partial charge is 0.275 e. The molecule has 0 aliphatic heterocycles. The highest BCUT2D eigenvalue weighted by atomic mass is 32.2. The van der Waals surface area contributed by atoms with E-state index >= 15 is 0 Å². The standard InChI is InChI=1S/C24H21N3O4S2/c1-16-12-13-17(14-20(16)27-33(29,30)18-8-4-3-5-9-18)25-23(28)21-15-32-24(26-21)19-10-6-7-11-22(19)31-2/h3-15,27H,1-2H3,(H,25,28). The molecule has 0 bridgehead atoms. The maximum atomic E-state index is 12.8. The minimum atomic E-state index is -3.75. The number of hydrogen-bond donors (Lipinski definition) is 2. The summed E-state index contributed by atoms with van der Waals surface area (Å²) < 4.78 is 33.3. The van der Waals surface area contributed by atoms with Gasteiger partial charge in [-0.3, -0.25) is 9.52 Å². The van der Waals surface area contributed by atoms with E-state index in [1.54, 1.807) is 55.8 Å². The Morgan fingerprint density at radius 2 is 1.73 bits per heavy atom. The van der Waals surface area contributed by atoms with Crippen LogP contribution in [-0.4, -0.2) is 26.4 Å². The molecule has 0 saturated carbocycles. The Hall–Kier alpha value is -3.69. The molecule has 1 aromatic heterocycles. The van der Waals surface area contributed by atoms with Crippen molar-refractivity contribution in [3.05, 3.63) is 89.4 Å². The lowest BCUT2D eigenvalue weighted by atomic mass is 10.2. The zero-order valence-electron chi connectivity index (χ0n) is 17.9. The second-order valence-electron chi connectivity index (χ2n) is 7.14. The molecule has 9 heteroatoms. The topological polar surface area (TPSA) is 97.4 Å². The van der Waals surface area contributed by atoms with E-state index in [4.69, 9.17) is 4.74 Å². The molecular weight excluding hydrogens is 458 g/mol. The lowest BCUT2D eigenvalue weighted by molar-refractivity contribution is 0.102. The largest absolute Gasteiger partial charge is 0.496 e. The molecule has 0 unspecified atom stereocenters. The average molecular weight is 480 g/mol. The number of rotatable bonds is 7. The fourth-order valence-corrected chi connectivity index (χ4v) is 5.10. The van der Waals surface area contributed by atoms with Gasteiger partial charge < -0.3 is 10.1 Å². The molecule has 168 valence electrons. The summed E-state index contributed by atoms with van der Waals surface area (Å²) in [6.45, 7) is 1.79. The number of benzene rings is 3. The summed E-state index contributed by atoms with van der Waals surface area (Å²) in [5.41, 5.74) is 2.61. The van der Waals surface area contributed by atoms with E-state index in [-0.39, 0.29) is 10.6 Å². The molecule has 0 aliphatic rings. The number of nitrogens with one attached hydrogen (secondary N) is 2. The van der Waals surface area contributed by atoms with E-state index in [9.17, 15) is 13.2 Å². The molecule has 0 aliphatic carbocycles. The number of carbonyl (C=O) groups is 1. The first-order chi connectivity index (χ1) is 15.9. The van der Waals surface area contributed by atoms with Crippen LogP contribution in [-0.2, 0) is 10.0 Å². The van der Waals surface area contributed by atoms with Crippen molar-refractivity contribution in [2.24, 2.45) is 0 Å². The third kappa shape index (κ3) is 5.05. The first-order valence-corrected chi connectivity index (χ1v) is 12.3. The molecule has 0 fully saturated rings. The Morgan fingerprint density at radius 3 is 2.48 bits per heavy atom. The summed E-state index contributed by atoms with van der Waals surface area (Å²) in [5.74, 6) is 0.279. The van der Waals surface area contributed by atoms with Gasteiger partial charge in [-0.1, -0.05) is 36.4 Å². The predicted molar refractivity (Wildman–Crippen MR) is 130 cm³/mol. The number of anilines is 2. The van der Waals surface area contributed by atoms with Crippen molar-refractivity contribution in [2.45, 2.75) is 11.8 Å². The second kappa shape index (κ2) is 9.43. The number of nitrogens with zero attached hydrogens (tertiary/aromatic N) is 1. The Morgan fingerprint density at radius 1 is 1.00 bits per heavy atom. The average Bonchev–Trinajstić information content (AvgIpc) is 3.32. The number of ether oxygens (including phenoxy) is 1. The summed E-state index contributed by atoms with van der Waals surface area (Å²) in [6.07, 6.45) is 0. The summed E-state index contributed by atoms with van der Waals surface area (Å²) in [5, 5.41) is 5.12. The van der Waals surface area contributed by atoms with Crippen LogP contribution >= 0.6 is 11.3 Å². The Bertz CT molecular complexity index is 1400. The minimum Gasteiger partial charge on any atom is -0.496 e. The molecular formula is C24H21N3O4S2. The van der Waals surface area contributed by atoms with Crippen LogP contribution in [0, 0.1) is 6.92 Å². The van der Waals surface area contributed by atoms with Gasteiger partial charge in [0.1, 0.15) is 16.5 Å². The van der Waals surface area contributed by atoms with E-state index in [2.05, 4.69) is 15.0 Å². The number of amides is 1. The van der Waals surface area contributed by atoms with Crippen molar-refractivity contribution in [2.75, 3.05) is 17.1 Å². The quantitative estimate of drug-likeness (QED) is 0.381. The van der Waals surface area contributed by atoms with Gasteiger partial charge >= 0.3 is 0 Å². The van der Waals surface area contributed by atoms with Crippen molar-refractivity contribution < 1.29 is 17.9 Å². The fourth-order valence-electron chi connectivity index (χ4n) is 3.13. The van der Waals surface area contributed by atoms with Gasteiger partial charge in [0, 0.05) is 11.1 Å². The van der Waals surface area contributed by atoms with Crippen LogP contribution in [0.2, 0.25) is 0 Å². The maximum absolute atomic E-state index is 12.8. The van der Waals surface area contributed by atoms with E-state index in [0.29, 0.717) is 22.1 Å². The first-order valence-electron chi connectivity index (χ1n) is 9.96. The zero-order chi connectivity index (χ0) is 23.4. The predicted octanol–water partition coefficient (Wildman–Crippen LogP) is 5.18. The number of para-hydroxylation sites is 1. The number of hydrogen-bond acceptors (Lipinski definition) is 6. The van der Waals surface area contributed by atoms with Crippen molar-refractivity contribution in [1.82, 2.24) is 4.98 Å². The molecule has 3 aromatic carbocycles. The number of methoxy groups -OCH3 is 1. The van der Waals surface area contributed by atoms with Gasteiger partial charge in [0.15, 0.2) is 0 Å². The molecule has 7 nitrogen and oxygen atoms in total. The lowest BCUT2D eigenvalue weighted by Crippen LogP contribution is -2.15. The van der Waals surface area contributed by atoms with Crippen LogP contribution in [0.15, 0.2) is 83.1 Å². The highest BCUT2D eigenvalue weighted by molar-refractivity contribution is 7.92. The van der Waals surface area contributed by atoms with Crippen LogP contribution in [0.1, 0.15) is 16.1 Å². The second-order valence-corrected chi connectivity index (χ2v) is 9.68. The molecule has 0 atom stereocenters. The van der Waals surface area contributed by atoms with E-state index in [1.165, 1.54) is 23.5 Å². The van der Waals surface area contributed by atoms with Crippen molar-refractivity contribution in [3.63, 3.8) is 0 Å².